The molecule has 0 fully saturated rings. The number of halogens is 2. The van der Waals surface area contributed by atoms with Crippen molar-refractivity contribution in [3.05, 3.63) is 280 Å². The van der Waals surface area contributed by atoms with Crippen molar-refractivity contribution in [3.63, 3.8) is 0 Å². The molecule has 9 aromatic carbocycles. The van der Waals surface area contributed by atoms with Crippen LogP contribution in [0.5, 0.6) is 5.75 Å². The molecule has 6 N–H and O–H groups in total. The number of benzene rings is 9. The van der Waals surface area contributed by atoms with Crippen LogP contribution in [-0.2, 0) is 75.0 Å². The number of carboxylic acids is 3. The Morgan fingerprint density at radius 2 is 0.730 bits per heavy atom. The molecule has 0 amide bonds. The normalized spacial score (nSPS) is 11.2. The summed E-state index contributed by atoms with van der Waals surface area (Å²) in [5.74, 6) is -4.75. The minimum absolute atomic E-state index is 0.117. The monoisotopic (exact) mass is 1270 g/mol. The van der Waals surface area contributed by atoms with E-state index in [0.29, 0.717) is 72.3 Å². The number of sulfonamides is 3. The summed E-state index contributed by atoms with van der Waals surface area (Å²) in [6, 6.07) is 57.2. The number of methoxy groups -OCH3 is 1. The minimum Gasteiger partial charge on any atom is -0.497 e. The standard InChI is InChI=1S/C25H27NO4S.C22H21NO5S.C21H17F2NO4S/c1-2-3-6-19-12-17-23(18-13-19)31(29,30)26-22-15-10-20(11-16-22)9-14-21-7-4-5-8-24(21)25(27)28;1-28-19-6-4-7-20(15-19)29(26,27)23-18-13-10-16(11-14-18)9-12-17-5-2-3-8-21(17)22(24)25;22-18-6-3-7-19(23)20(18)29(27,28)24-16-12-9-14(10-13-16)8-11-15-4-1-2-5-17(15)21(25)26/h4-5,7-8,10-13,15-18,26H,2-3,6,9,14H2,1H3,(H,27,28);2-8,10-11,13-15,23H,9,12H2,1H3,(H,24,25);1-7,9-10,12-13,24H,8,11H2,(H,25,26). The molecule has 0 spiro atoms. The quantitative estimate of drug-likeness (QED) is 0.0311. The third kappa shape index (κ3) is 19.4. The van der Waals surface area contributed by atoms with Crippen LogP contribution in [0.25, 0.3) is 0 Å². The van der Waals surface area contributed by atoms with Gasteiger partial charge in [0.25, 0.3) is 30.1 Å². The van der Waals surface area contributed by atoms with E-state index in [1.54, 1.807) is 109 Å². The Kier molecular flexibility index (Phi) is 23.5. The highest BCUT2D eigenvalue weighted by Crippen LogP contribution is 2.26. The van der Waals surface area contributed by atoms with Crippen LogP contribution in [-0.4, -0.2) is 65.6 Å². The van der Waals surface area contributed by atoms with E-state index in [1.165, 1.54) is 37.4 Å². The predicted molar refractivity (Wildman–Crippen MR) is 339 cm³/mol. The molecule has 9 aromatic rings. The fourth-order valence-electron chi connectivity index (χ4n) is 9.25. The number of hydrogen-bond donors (Lipinski definition) is 6. The molecule has 0 heterocycles. The summed E-state index contributed by atoms with van der Waals surface area (Å²) in [6.45, 7) is 2.13. The second-order valence-electron chi connectivity index (χ2n) is 20.3. The molecule has 0 aliphatic carbocycles. The number of carbonyl (C=O) groups is 3. The highest BCUT2D eigenvalue weighted by molar-refractivity contribution is 7.93. The van der Waals surface area contributed by atoms with Gasteiger partial charge in [0.15, 0.2) is 4.90 Å². The molecule has 462 valence electrons. The molecule has 0 unspecified atom stereocenters. The van der Waals surface area contributed by atoms with Gasteiger partial charge >= 0.3 is 17.9 Å². The molecule has 0 saturated heterocycles. The maximum atomic E-state index is 13.8. The first-order valence-corrected chi connectivity index (χ1v) is 32.5. The molecule has 0 aliphatic heterocycles. The van der Waals surface area contributed by atoms with Crippen molar-refractivity contribution in [2.75, 3.05) is 21.3 Å². The molecular formula is C68H65F2N3O13S3. The van der Waals surface area contributed by atoms with E-state index in [1.807, 2.05) is 54.6 Å². The van der Waals surface area contributed by atoms with Gasteiger partial charge in [-0.1, -0.05) is 129 Å². The van der Waals surface area contributed by atoms with Gasteiger partial charge in [-0.05, 0) is 181 Å². The summed E-state index contributed by atoms with van der Waals surface area (Å²) < 4.78 is 115. The van der Waals surface area contributed by atoms with Crippen LogP contribution in [0.4, 0.5) is 25.8 Å². The van der Waals surface area contributed by atoms with Crippen LogP contribution in [0.2, 0.25) is 0 Å². The van der Waals surface area contributed by atoms with Crippen molar-refractivity contribution in [1.82, 2.24) is 0 Å². The highest BCUT2D eigenvalue weighted by Gasteiger charge is 2.24. The smallest absolute Gasteiger partial charge is 0.335 e. The van der Waals surface area contributed by atoms with E-state index in [2.05, 4.69) is 21.1 Å². The molecule has 0 saturated carbocycles. The van der Waals surface area contributed by atoms with Crippen LogP contribution >= 0.6 is 0 Å². The van der Waals surface area contributed by atoms with E-state index in [-0.39, 0.29) is 21.0 Å². The summed E-state index contributed by atoms with van der Waals surface area (Å²) in [4.78, 5) is 33.2. The van der Waals surface area contributed by atoms with Crippen molar-refractivity contribution in [2.24, 2.45) is 0 Å². The van der Waals surface area contributed by atoms with E-state index >= 15 is 0 Å². The SMILES string of the molecule is CCCCc1ccc(S(=O)(=O)Nc2ccc(CCc3ccccc3C(=O)O)cc2)cc1.COc1cccc(S(=O)(=O)Nc2ccc(CCc3ccccc3C(=O)O)cc2)c1.O=C(O)c1ccccc1CCc1ccc(NS(=O)(=O)c2c(F)cccc2F)cc1. The highest BCUT2D eigenvalue weighted by atomic mass is 32.2. The summed E-state index contributed by atoms with van der Waals surface area (Å²) >= 11 is 0. The van der Waals surface area contributed by atoms with Crippen molar-refractivity contribution >= 4 is 65.0 Å². The van der Waals surface area contributed by atoms with E-state index in [9.17, 15) is 63.7 Å². The summed E-state index contributed by atoms with van der Waals surface area (Å²) in [5, 5.41) is 27.8. The average molecular weight is 1270 g/mol. The average Bonchev–Trinajstić information content (AvgIpc) is 1.92. The lowest BCUT2D eigenvalue weighted by molar-refractivity contribution is 0.0684. The maximum absolute atomic E-state index is 13.8. The Balaban J connectivity index is 0.000000190. The fraction of sp³-hybridized carbons (Fsp3) is 0.162. The zero-order valence-electron chi connectivity index (χ0n) is 48.5. The van der Waals surface area contributed by atoms with Gasteiger partial charge in [-0.2, -0.15) is 0 Å². The van der Waals surface area contributed by atoms with Crippen LogP contribution in [0, 0.1) is 11.6 Å². The van der Waals surface area contributed by atoms with Gasteiger partial charge in [0.05, 0.1) is 33.6 Å². The lowest BCUT2D eigenvalue weighted by Crippen LogP contribution is -2.16. The minimum atomic E-state index is -4.42. The Hall–Kier alpha value is -9.70. The van der Waals surface area contributed by atoms with Crippen molar-refractivity contribution < 1.29 is 68.5 Å². The molecule has 89 heavy (non-hydrogen) atoms. The van der Waals surface area contributed by atoms with Crippen molar-refractivity contribution in [1.29, 1.82) is 0 Å². The molecule has 0 aromatic heterocycles. The third-order valence-electron chi connectivity index (χ3n) is 14.0. The van der Waals surface area contributed by atoms with Crippen LogP contribution in [0.15, 0.2) is 227 Å². The second-order valence-corrected chi connectivity index (χ2v) is 25.3. The molecular weight excluding hydrogens is 1200 g/mol. The summed E-state index contributed by atoms with van der Waals surface area (Å²) in [7, 11) is -10.3. The first kappa shape index (κ1) is 66.8. The lowest BCUT2D eigenvalue weighted by Gasteiger charge is -2.11. The van der Waals surface area contributed by atoms with Gasteiger partial charge in [0, 0.05) is 23.1 Å². The number of rotatable bonds is 25. The van der Waals surface area contributed by atoms with Gasteiger partial charge in [0.1, 0.15) is 17.4 Å². The third-order valence-corrected chi connectivity index (χ3v) is 18.2. The van der Waals surface area contributed by atoms with Gasteiger partial charge in [-0.15, -0.1) is 0 Å². The lowest BCUT2D eigenvalue weighted by atomic mass is 10.00. The van der Waals surface area contributed by atoms with Gasteiger partial charge < -0.3 is 20.1 Å². The van der Waals surface area contributed by atoms with E-state index in [0.717, 1.165) is 70.8 Å². The number of hydrogen-bond acceptors (Lipinski definition) is 10. The molecule has 0 bridgehead atoms. The van der Waals surface area contributed by atoms with Crippen molar-refractivity contribution in [3.8, 4) is 5.75 Å². The summed E-state index contributed by atoms with van der Waals surface area (Å²) in [6.07, 6.45) is 6.65. The molecule has 0 radical (unpaired) electrons. The van der Waals surface area contributed by atoms with Gasteiger partial charge in [-0.3, -0.25) is 14.2 Å². The fourth-order valence-corrected chi connectivity index (χ4v) is 12.6. The molecule has 0 aliphatic rings. The molecule has 21 heteroatoms. The Morgan fingerprint density at radius 1 is 0.393 bits per heavy atom. The number of nitrogens with one attached hydrogen (secondary N) is 3. The number of aromatic carboxylic acids is 3. The zero-order chi connectivity index (χ0) is 64.1. The number of aryl methyl sites for hydroxylation is 7. The van der Waals surface area contributed by atoms with E-state index < -0.39 is 64.5 Å². The first-order valence-electron chi connectivity index (χ1n) is 28.0. The molecule has 16 nitrogen and oxygen atoms in total. The molecule has 0 atom stereocenters. The number of unbranched alkanes of at least 4 members (excludes halogenated alkanes) is 1. The van der Waals surface area contributed by atoms with Crippen LogP contribution < -0.4 is 18.9 Å². The Bertz CT molecular complexity index is 4230. The van der Waals surface area contributed by atoms with Gasteiger partial charge in [-0.25, -0.2) is 48.4 Å². The number of carboxylic acid groups (broad SMARTS) is 3. The molecule has 9 rings (SSSR count). The summed E-state index contributed by atoms with van der Waals surface area (Å²) in [5.41, 5.74) is 8.16. The first-order chi connectivity index (χ1) is 42.5. The van der Waals surface area contributed by atoms with Crippen LogP contribution in [0.1, 0.15) is 89.8 Å². The predicted octanol–water partition coefficient (Wildman–Crippen LogP) is 13.5. The van der Waals surface area contributed by atoms with Gasteiger partial charge in [0.2, 0.25) is 0 Å². The maximum Gasteiger partial charge on any atom is 0.335 e. The topological polar surface area (TPSA) is 260 Å². The Morgan fingerprint density at radius 3 is 1.10 bits per heavy atom. The Labute approximate surface area is 516 Å². The second kappa shape index (κ2) is 31.3. The number of anilines is 3. The zero-order valence-corrected chi connectivity index (χ0v) is 50.9. The largest absolute Gasteiger partial charge is 0.497 e. The van der Waals surface area contributed by atoms with Crippen molar-refractivity contribution in [2.45, 2.75) is 79.4 Å². The number of ether oxygens (including phenoxy) is 1. The van der Waals surface area contributed by atoms with E-state index in [4.69, 9.17) is 4.74 Å². The van der Waals surface area contributed by atoms with Crippen LogP contribution in [0.3, 0.4) is 0 Å².